The number of rotatable bonds is 7. The summed E-state index contributed by atoms with van der Waals surface area (Å²) in [6.07, 6.45) is 8.90. The maximum absolute atomic E-state index is 13.7. The molecule has 0 heterocycles. The molecule has 0 N–H and O–H groups in total. The van der Waals surface area contributed by atoms with Crippen molar-refractivity contribution >= 4 is 24.0 Å². The van der Waals surface area contributed by atoms with Gasteiger partial charge in [-0.15, -0.1) is 12.4 Å². The Morgan fingerprint density at radius 3 is 2.44 bits per heavy atom. The quantitative estimate of drug-likeness (QED) is 0.491. The van der Waals surface area contributed by atoms with Gasteiger partial charge in [0, 0.05) is 24.8 Å². The normalized spacial score (nSPS) is 43.2. The number of nitrogens with zero attached hydrogens (tertiary/aromatic N) is 1. The number of ketones is 2. The molecular formula is C27H46ClNO3. The highest BCUT2D eigenvalue weighted by Crippen LogP contribution is 2.66. The summed E-state index contributed by atoms with van der Waals surface area (Å²) in [4.78, 5) is 28.4. The monoisotopic (exact) mass is 467 g/mol. The number of halogens is 1. The van der Waals surface area contributed by atoms with Crippen molar-refractivity contribution in [3.8, 4) is 0 Å². The molecule has 0 aromatic rings. The van der Waals surface area contributed by atoms with Crippen LogP contribution in [0.4, 0.5) is 0 Å². The number of carbonyl (C=O) groups is 2. The molecule has 0 aliphatic heterocycles. The Labute approximate surface area is 202 Å². The van der Waals surface area contributed by atoms with Gasteiger partial charge < -0.3 is 9.64 Å². The molecular weight excluding hydrogens is 422 g/mol. The van der Waals surface area contributed by atoms with E-state index in [4.69, 9.17) is 4.74 Å². The Balaban J connectivity index is 0.00000289. The lowest BCUT2D eigenvalue weighted by Gasteiger charge is -2.60. The summed E-state index contributed by atoms with van der Waals surface area (Å²) in [5.41, 5.74) is 0.0480. The molecule has 0 unspecified atom stereocenters. The highest BCUT2D eigenvalue weighted by atomic mass is 35.5. The molecule has 0 radical (unpaired) electrons. The van der Waals surface area contributed by atoms with Crippen molar-refractivity contribution in [2.24, 2.45) is 40.4 Å². The highest BCUT2D eigenvalue weighted by molar-refractivity contribution is 5.87. The van der Waals surface area contributed by atoms with Gasteiger partial charge in [-0.05, 0) is 93.5 Å². The molecule has 4 fully saturated rings. The number of likely N-dealkylation sites (N-methyl/N-ethyl adjacent to an activating group) is 1. The Morgan fingerprint density at radius 2 is 1.78 bits per heavy atom. The molecule has 0 amide bonds. The number of fused-ring (bicyclic) bond motifs is 5. The third-order valence-corrected chi connectivity index (χ3v) is 10.4. The summed E-state index contributed by atoms with van der Waals surface area (Å²) in [5, 5.41) is 0. The van der Waals surface area contributed by atoms with E-state index in [-0.39, 0.29) is 35.1 Å². The lowest BCUT2D eigenvalue weighted by atomic mass is 9.44. The van der Waals surface area contributed by atoms with Gasteiger partial charge in [0.2, 0.25) is 0 Å². The molecule has 32 heavy (non-hydrogen) atoms. The third-order valence-electron chi connectivity index (χ3n) is 10.4. The maximum atomic E-state index is 13.7. The fourth-order valence-corrected chi connectivity index (χ4v) is 8.74. The minimum absolute atomic E-state index is 0. The number of Topliss-reactive ketones (excluding diaryl/α,β-unsaturated/α-hetero) is 2. The van der Waals surface area contributed by atoms with E-state index in [2.05, 4.69) is 32.6 Å². The Hall–Kier alpha value is -0.450. The molecule has 0 saturated heterocycles. The standard InChI is InChI=1S/C27H45NO3.ClH/c1-6-28(7-2)14-15-31-20-12-13-26(4)19(16-20)8-9-21-23-11-10-22(18(3)29)27(23,5)17-24(30)25(21)26;/h19-23,25H,6-17H2,1-5H3;1H/t19-,20-,21+,22-,23+,25-,26+,27-;/m1./s1. The van der Waals surface area contributed by atoms with Crippen LogP contribution in [0, 0.1) is 40.4 Å². The first-order valence-electron chi connectivity index (χ1n) is 13.1. The van der Waals surface area contributed by atoms with Crippen molar-refractivity contribution in [2.75, 3.05) is 26.2 Å². The third kappa shape index (κ3) is 4.33. The first-order chi connectivity index (χ1) is 14.7. The van der Waals surface area contributed by atoms with Crippen molar-refractivity contribution in [3.05, 3.63) is 0 Å². The molecule has 4 rings (SSSR count). The van der Waals surface area contributed by atoms with Crippen molar-refractivity contribution in [1.82, 2.24) is 4.90 Å². The van der Waals surface area contributed by atoms with Gasteiger partial charge in [-0.25, -0.2) is 0 Å². The van der Waals surface area contributed by atoms with E-state index in [9.17, 15) is 9.59 Å². The number of hydrogen-bond donors (Lipinski definition) is 0. The van der Waals surface area contributed by atoms with Crippen LogP contribution in [0.2, 0.25) is 0 Å². The van der Waals surface area contributed by atoms with E-state index >= 15 is 0 Å². The Bertz CT molecular complexity index is 694. The minimum atomic E-state index is -0.0853. The summed E-state index contributed by atoms with van der Waals surface area (Å²) < 4.78 is 6.34. The van der Waals surface area contributed by atoms with E-state index in [0.717, 1.165) is 58.3 Å². The zero-order valence-corrected chi connectivity index (χ0v) is 21.8. The largest absolute Gasteiger partial charge is 0.377 e. The first-order valence-corrected chi connectivity index (χ1v) is 13.1. The van der Waals surface area contributed by atoms with Crippen LogP contribution in [-0.2, 0) is 14.3 Å². The molecule has 8 atom stereocenters. The van der Waals surface area contributed by atoms with Crippen LogP contribution in [0.3, 0.4) is 0 Å². The lowest BCUT2D eigenvalue weighted by molar-refractivity contribution is -0.164. The summed E-state index contributed by atoms with van der Waals surface area (Å²) in [5.74, 6) is 2.76. The highest BCUT2D eigenvalue weighted by Gasteiger charge is 2.63. The van der Waals surface area contributed by atoms with Crippen LogP contribution in [0.1, 0.15) is 86.0 Å². The van der Waals surface area contributed by atoms with Gasteiger partial charge in [0.15, 0.2) is 0 Å². The smallest absolute Gasteiger partial charge is 0.137 e. The summed E-state index contributed by atoms with van der Waals surface area (Å²) in [6, 6.07) is 0. The van der Waals surface area contributed by atoms with Gasteiger partial charge in [-0.1, -0.05) is 27.7 Å². The van der Waals surface area contributed by atoms with Crippen LogP contribution in [0.5, 0.6) is 0 Å². The first kappa shape index (κ1) is 26.2. The van der Waals surface area contributed by atoms with Gasteiger partial charge in [0.1, 0.15) is 11.6 Å². The van der Waals surface area contributed by atoms with Crippen LogP contribution in [-0.4, -0.2) is 48.8 Å². The molecule has 4 aliphatic carbocycles. The van der Waals surface area contributed by atoms with Crippen molar-refractivity contribution < 1.29 is 14.3 Å². The van der Waals surface area contributed by atoms with Gasteiger partial charge in [-0.2, -0.15) is 0 Å². The van der Waals surface area contributed by atoms with Crippen molar-refractivity contribution in [3.63, 3.8) is 0 Å². The second-order valence-corrected chi connectivity index (χ2v) is 11.7. The predicted octanol–water partition coefficient (Wildman–Crippen LogP) is 5.56. The Kier molecular flexibility index (Phi) is 8.21. The van der Waals surface area contributed by atoms with Gasteiger partial charge >= 0.3 is 0 Å². The summed E-state index contributed by atoms with van der Waals surface area (Å²) in [7, 11) is 0. The average Bonchev–Trinajstić information content (AvgIpc) is 3.07. The molecule has 4 aliphatic rings. The zero-order chi connectivity index (χ0) is 22.4. The van der Waals surface area contributed by atoms with Crippen LogP contribution in [0.15, 0.2) is 0 Å². The second kappa shape index (κ2) is 10.0. The summed E-state index contributed by atoms with van der Waals surface area (Å²) >= 11 is 0. The second-order valence-electron chi connectivity index (χ2n) is 11.7. The molecule has 184 valence electrons. The SMILES string of the molecule is CCN(CC)CCO[C@@H]1CC[C@@]2(C)[C@H](CC[C@H]3[C@@H]4CC[C@H](C(C)=O)[C@@]4(C)CC(=O)[C@@H]32)C1.Cl. The zero-order valence-electron chi connectivity index (χ0n) is 21.0. The van der Waals surface area contributed by atoms with Crippen molar-refractivity contribution in [1.29, 1.82) is 0 Å². The fraction of sp³-hybridized carbons (Fsp3) is 0.926. The fourth-order valence-electron chi connectivity index (χ4n) is 8.74. The van der Waals surface area contributed by atoms with Gasteiger partial charge in [0.05, 0.1) is 12.7 Å². The molecule has 4 saturated carbocycles. The van der Waals surface area contributed by atoms with E-state index in [1.165, 1.54) is 12.8 Å². The lowest BCUT2D eigenvalue weighted by Crippen LogP contribution is -2.58. The van der Waals surface area contributed by atoms with Crippen LogP contribution in [0.25, 0.3) is 0 Å². The van der Waals surface area contributed by atoms with Crippen LogP contribution < -0.4 is 0 Å². The molecule has 0 aromatic carbocycles. The van der Waals surface area contributed by atoms with Crippen LogP contribution >= 0.6 is 12.4 Å². The van der Waals surface area contributed by atoms with E-state index in [0.29, 0.717) is 41.8 Å². The van der Waals surface area contributed by atoms with E-state index in [1.54, 1.807) is 6.92 Å². The number of carbonyl (C=O) groups excluding carboxylic acids is 2. The number of hydrogen-bond acceptors (Lipinski definition) is 4. The molecule has 4 nitrogen and oxygen atoms in total. The number of ether oxygens (including phenoxy) is 1. The van der Waals surface area contributed by atoms with E-state index < -0.39 is 0 Å². The molecule has 0 bridgehead atoms. The topological polar surface area (TPSA) is 46.6 Å². The average molecular weight is 468 g/mol. The molecule has 5 heteroatoms. The van der Waals surface area contributed by atoms with Crippen molar-refractivity contribution in [2.45, 2.75) is 92.1 Å². The maximum Gasteiger partial charge on any atom is 0.137 e. The van der Waals surface area contributed by atoms with E-state index in [1.807, 2.05) is 0 Å². The predicted molar refractivity (Wildman–Crippen MR) is 131 cm³/mol. The van der Waals surface area contributed by atoms with Gasteiger partial charge in [-0.3, -0.25) is 9.59 Å². The Morgan fingerprint density at radius 1 is 1.06 bits per heavy atom. The minimum Gasteiger partial charge on any atom is -0.377 e. The van der Waals surface area contributed by atoms with Gasteiger partial charge in [0.25, 0.3) is 0 Å². The summed E-state index contributed by atoms with van der Waals surface area (Å²) in [6.45, 7) is 14.9. The molecule has 0 aromatic heterocycles. The molecule has 0 spiro atoms.